The van der Waals surface area contributed by atoms with Gasteiger partial charge in [0.05, 0.1) is 6.54 Å². The Morgan fingerprint density at radius 3 is 2.68 bits per heavy atom. The Labute approximate surface area is 218 Å². The number of anilines is 1. The van der Waals surface area contributed by atoms with E-state index >= 15 is 0 Å². The van der Waals surface area contributed by atoms with E-state index in [4.69, 9.17) is 4.99 Å². The van der Waals surface area contributed by atoms with Crippen molar-refractivity contribution in [1.29, 1.82) is 0 Å². The summed E-state index contributed by atoms with van der Waals surface area (Å²) in [5.74, 6) is 0.802. The monoisotopic (exact) mass is 570 g/mol. The third-order valence-corrected chi connectivity index (χ3v) is 5.48. The fourth-order valence-corrected chi connectivity index (χ4v) is 3.86. The first-order valence-corrected chi connectivity index (χ1v) is 11.3. The van der Waals surface area contributed by atoms with Crippen molar-refractivity contribution in [2.45, 2.75) is 26.4 Å². The van der Waals surface area contributed by atoms with Crippen LogP contribution in [0.4, 0.5) is 5.69 Å². The maximum Gasteiger partial charge on any atom is 0.246 e. The highest BCUT2D eigenvalue weighted by molar-refractivity contribution is 14.0. The first kappa shape index (κ1) is 25.5. The number of carbonyl (C=O) groups is 1. The van der Waals surface area contributed by atoms with Crippen molar-refractivity contribution in [3.63, 3.8) is 0 Å². The minimum absolute atomic E-state index is 0. The summed E-state index contributed by atoms with van der Waals surface area (Å²) in [6.07, 6.45) is 6.72. The van der Waals surface area contributed by atoms with E-state index in [1.807, 2.05) is 24.3 Å². The first-order valence-electron chi connectivity index (χ1n) is 11.3. The van der Waals surface area contributed by atoms with Crippen molar-refractivity contribution >= 4 is 47.1 Å². The zero-order chi connectivity index (χ0) is 22.9. The molecule has 7 nitrogen and oxygen atoms in total. The van der Waals surface area contributed by atoms with Crippen LogP contribution >= 0.6 is 24.0 Å². The predicted octanol–water partition coefficient (Wildman–Crippen LogP) is 4.39. The lowest BCUT2D eigenvalue weighted by Gasteiger charge is -2.30. The minimum atomic E-state index is -0.109. The molecule has 0 unspecified atom stereocenters. The molecule has 1 aliphatic heterocycles. The van der Waals surface area contributed by atoms with Gasteiger partial charge in [-0.05, 0) is 48.2 Å². The molecule has 0 atom stereocenters. The van der Waals surface area contributed by atoms with E-state index in [1.54, 1.807) is 23.1 Å². The van der Waals surface area contributed by atoms with Crippen LogP contribution in [0.1, 0.15) is 24.5 Å². The van der Waals surface area contributed by atoms with Gasteiger partial charge < -0.3 is 15.5 Å². The number of aliphatic imine (C=N–C) groups is 1. The minimum Gasteiger partial charge on any atom is -0.356 e. The van der Waals surface area contributed by atoms with Gasteiger partial charge in [-0.15, -0.1) is 24.0 Å². The number of hydrogen-bond acceptors (Lipinski definition) is 3. The van der Waals surface area contributed by atoms with Gasteiger partial charge in [0.25, 0.3) is 0 Å². The van der Waals surface area contributed by atoms with Gasteiger partial charge in [-0.3, -0.25) is 9.48 Å². The van der Waals surface area contributed by atoms with Crippen LogP contribution in [-0.2, 0) is 17.9 Å². The summed E-state index contributed by atoms with van der Waals surface area (Å²) in [6.45, 7) is 5.38. The summed E-state index contributed by atoms with van der Waals surface area (Å²) in [6, 6.07) is 20.2. The van der Waals surface area contributed by atoms with Crippen LogP contribution in [0.25, 0.3) is 5.57 Å². The van der Waals surface area contributed by atoms with Crippen molar-refractivity contribution in [3.8, 4) is 0 Å². The van der Waals surface area contributed by atoms with Crippen molar-refractivity contribution in [2.24, 2.45) is 4.99 Å². The third kappa shape index (κ3) is 7.18. The molecule has 34 heavy (non-hydrogen) atoms. The van der Waals surface area contributed by atoms with E-state index in [0.717, 1.165) is 43.3 Å². The highest BCUT2D eigenvalue weighted by Crippen LogP contribution is 2.22. The average Bonchev–Trinajstić information content (AvgIpc) is 3.35. The molecule has 0 spiro atoms. The van der Waals surface area contributed by atoms with Crippen LogP contribution in [0.15, 0.2) is 84.1 Å². The standard InChI is InChI=1S/C26H30N6O.HI/c1-2-27-26(31-16-12-23(13-17-31)22-9-4-3-5-10-22)28-19-21-8-6-11-24(18-21)30-25(33)20-32-15-7-14-29-32;/h3-12,14-15,18H,2,13,16-17,19-20H2,1H3,(H,27,28)(H,30,33);1H. The Morgan fingerprint density at radius 2 is 1.97 bits per heavy atom. The van der Waals surface area contributed by atoms with Crippen LogP contribution in [0, 0.1) is 0 Å². The van der Waals surface area contributed by atoms with Gasteiger partial charge in [0.2, 0.25) is 5.91 Å². The van der Waals surface area contributed by atoms with Gasteiger partial charge in [-0.2, -0.15) is 5.10 Å². The predicted molar refractivity (Wildman–Crippen MR) is 148 cm³/mol. The quantitative estimate of drug-likeness (QED) is 0.251. The van der Waals surface area contributed by atoms with Gasteiger partial charge >= 0.3 is 0 Å². The molecule has 4 rings (SSSR count). The second-order valence-corrected chi connectivity index (χ2v) is 7.91. The molecule has 1 aliphatic rings. The largest absolute Gasteiger partial charge is 0.356 e. The molecule has 1 aromatic heterocycles. The fraction of sp³-hybridized carbons (Fsp3) is 0.269. The number of nitrogens with one attached hydrogen (secondary N) is 2. The zero-order valence-corrected chi connectivity index (χ0v) is 21.7. The van der Waals surface area contributed by atoms with E-state index in [2.05, 4.69) is 64.0 Å². The Kier molecular flexibility index (Phi) is 9.69. The van der Waals surface area contributed by atoms with Gasteiger partial charge in [0, 0.05) is 37.7 Å². The molecule has 0 saturated heterocycles. The molecule has 0 fully saturated rings. The summed E-state index contributed by atoms with van der Waals surface area (Å²) >= 11 is 0. The van der Waals surface area contributed by atoms with Crippen molar-refractivity contribution < 1.29 is 4.79 Å². The number of halogens is 1. The molecule has 2 aromatic carbocycles. The molecule has 0 saturated carbocycles. The molecule has 178 valence electrons. The fourth-order valence-electron chi connectivity index (χ4n) is 3.86. The molecule has 2 N–H and O–H groups in total. The van der Waals surface area contributed by atoms with E-state index in [9.17, 15) is 4.79 Å². The van der Waals surface area contributed by atoms with E-state index in [0.29, 0.717) is 6.54 Å². The number of guanidine groups is 1. The first-order chi connectivity index (χ1) is 16.2. The van der Waals surface area contributed by atoms with Gasteiger partial charge in [0.15, 0.2) is 5.96 Å². The number of benzene rings is 2. The Hall–Kier alpha value is -3.14. The molecule has 0 aliphatic carbocycles. The highest BCUT2D eigenvalue weighted by atomic mass is 127. The van der Waals surface area contributed by atoms with Gasteiger partial charge in [-0.25, -0.2) is 4.99 Å². The summed E-state index contributed by atoms with van der Waals surface area (Å²) in [4.78, 5) is 19.4. The molecular formula is C26H31IN6O. The van der Waals surface area contributed by atoms with E-state index < -0.39 is 0 Å². The zero-order valence-electron chi connectivity index (χ0n) is 19.4. The van der Waals surface area contributed by atoms with Crippen LogP contribution < -0.4 is 10.6 Å². The Morgan fingerprint density at radius 1 is 1.12 bits per heavy atom. The topological polar surface area (TPSA) is 74.5 Å². The normalized spacial score (nSPS) is 13.6. The van der Waals surface area contributed by atoms with Crippen LogP contribution in [-0.4, -0.2) is 46.2 Å². The number of nitrogens with zero attached hydrogens (tertiary/aromatic N) is 4. The maximum absolute atomic E-state index is 12.3. The van der Waals surface area contributed by atoms with Crippen molar-refractivity contribution in [1.82, 2.24) is 20.0 Å². The molecular weight excluding hydrogens is 539 g/mol. The summed E-state index contributed by atoms with van der Waals surface area (Å²) in [5.41, 5.74) is 4.49. The van der Waals surface area contributed by atoms with Gasteiger partial charge in [-0.1, -0.05) is 48.5 Å². The third-order valence-electron chi connectivity index (χ3n) is 5.48. The van der Waals surface area contributed by atoms with E-state index in [1.165, 1.54) is 11.1 Å². The van der Waals surface area contributed by atoms with Crippen LogP contribution in [0.5, 0.6) is 0 Å². The highest BCUT2D eigenvalue weighted by Gasteiger charge is 2.16. The molecule has 0 radical (unpaired) electrons. The summed E-state index contributed by atoms with van der Waals surface area (Å²) < 4.78 is 1.60. The SMILES string of the molecule is CCNC(=NCc1cccc(NC(=O)Cn2cccn2)c1)N1CC=C(c2ccccc2)CC1.I. The summed E-state index contributed by atoms with van der Waals surface area (Å²) in [5, 5.41) is 10.4. The smallest absolute Gasteiger partial charge is 0.246 e. The number of carbonyl (C=O) groups excluding carboxylic acids is 1. The van der Waals surface area contributed by atoms with Crippen LogP contribution in [0.2, 0.25) is 0 Å². The molecule has 8 heteroatoms. The summed E-state index contributed by atoms with van der Waals surface area (Å²) in [7, 11) is 0. The number of aromatic nitrogens is 2. The number of amides is 1. The maximum atomic E-state index is 12.3. The Bertz CT molecular complexity index is 1110. The molecule has 3 aromatic rings. The molecule has 0 bridgehead atoms. The lowest BCUT2D eigenvalue weighted by molar-refractivity contribution is -0.116. The molecule has 2 heterocycles. The number of rotatable bonds is 7. The van der Waals surface area contributed by atoms with Crippen LogP contribution in [0.3, 0.4) is 0 Å². The van der Waals surface area contributed by atoms with Crippen molar-refractivity contribution in [2.75, 3.05) is 25.0 Å². The lowest BCUT2D eigenvalue weighted by Crippen LogP contribution is -2.43. The van der Waals surface area contributed by atoms with Gasteiger partial charge in [0.1, 0.15) is 6.54 Å². The van der Waals surface area contributed by atoms with Crippen molar-refractivity contribution in [3.05, 3.63) is 90.3 Å². The van der Waals surface area contributed by atoms with E-state index in [-0.39, 0.29) is 36.4 Å². The average molecular weight is 570 g/mol. The Balaban J connectivity index is 0.00000324. The second kappa shape index (κ2) is 12.9. The number of hydrogen-bond donors (Lipinski definition) is 2. The lowest BCUT2D eigenvalue weighted by atomic mass is 10.00. The second-order valence-electron chi connectivity index (χ2n) is 7.91. The molecule has 1 amide bonds.